The SMILES string of the molecule is Nc1ccccc1OCCCC(=O)N1CCN(C/C=C/c2ccccc2)CC1. The second-order valence-corrected chi connectivity index (χ2v) is 6.98. The first-order chi connectivity index (χ1) is 13.7. The molecule has 2 aromatic rings. The Hall–Kier alpha value is -2.79. The molecule has 1 saturated heterocycles. The maximum atomic E-state index is 12.4. The van der Waals surface area contributed by atoms with Crippen LogP contribution in [0, 0.1) is 0 Å². The van der Waals surface area contributed by atoms with E-state index in [1.807, 2.05) is 47.4 Å². The second kappa shape index (κ2) is 10.5. The van der Waals surface area contributed by atoms with E-state index in [1.165, 1.54) is 5.56 Å². The van der Waals surface area contributed by atoms with Crippen LogP contribution in [0.15, 0.2) is 60.7 Å². The summed E-state index contributed by atoms with van der Waals surface area (Å²) in [5.41, 5.74) is 7.70. The van der Waals surface area contributed by atoms with Crippen LogP contribution in [0.5, 0.6) is 5.75 Å². The molecule has 5 nitrogen and oxygen atoms in total. The van der Waals surface area contributed by atoms with Gasteiger partial charge in [0.2, 0.25) is 5.91 Å². The van der Waals surface area contributed by atoms with E-state index in [2.05, 4.69) is 29.2 Å². The van der Waals surface area contributed by atoms with Crippen molar-refractivity contribution in [2.24, 2.45) is 0 Å². The molecular weight excluding hydrogens is 350 g/mol. The van der Waals surface area contributed by atoms with Crippen LogP contribution >= 0.6 is 0 Å². The summed E-state index contributed by atoms with van der Waals surface area (Å²) in [6, 6.07) is 17.8. The van der Waals surface area contributed by atoms with Crippen LogP contribution in [0.1, 0.15) is 18.4 Å². The normalized spacial score (nSPS) is 15.1. The molecule has 1 aliphatic heterocycles. The van der Waals surface area contributed by atoms with Gasteiger partial charge in [0.05, 0.1) is 12.3 Å². The number of benzene rings is 2. The third-order valence-corrected chi connectivity index (χ3v) is 4.91. The van der Waals surface area contributed by atoms with Crippen molar-refractivity contribution in [1.82, 2.24) is 9.80 Å². The molecule has 0 radical (unpaired) electrons. The van der Waals surface area contributed by atoms with Crippen molar-refractivity contribution in [1.29, 1.82) is 0 Å². The highest BCUT2D eigenvalue weighted by Crippen LogP contribution is 2.20. The lowest BCUT2D eigenvalue weighted by molar-refractivity contribution is -0.133. The molecule has 0 unspecified atom stereocenters. The van der Waals surface area contributed by atoms with Crippen molar-refractivity contribution in [3.8, 4) is 5.75 Å². The molecule has 148 valence electrons. The number of amides is 1. The summed E-state index contributed by atoms with van der Waals surface area (Å²) < 4.78 is 5.66. The van der Waals surface area contributed by atoms with Crippen LogP contribution in [0.3, 0.4) is 0 Å². The Labute approximate surface area is 167 Å². The van der Waals surface area contributed by atoms with E-state index in [1.54, 1.807) is 0 Å². The summed E-state index contributed by atoms with van der Waals surface area (Å²) >= 11 is 0. The lowest BCUT2D eigenvalue weighted by atomic mass is 10.2. The topological polar surface area (TPSA) is 58.8 Å². The van der Waals surface area contributed by atoms with Gasteiger partial charge in [0.1, 0.15) is 5.75 Å². The first-order valence-electron chi connectivity index (χ1n) is 9.91. The Morgan fingerprint density at radius 2 is 1.71 bits per heavy atom. The number of carbonyl (C=O) groups excluding carboxylic acids is 1. The molecule has 2 N–H and O–H groups in total. The Morgan fingerprint density at radius 1 is 1.00 bits per heavy atom. The largest absolute Gasteiger partial charge is 0.491 e. The Kier molecular flexibility index (Phi) is 7.50. The highest BCUT2D eigenvalue weighted by Gasteiger charge is 2.19. The molecule has 0 saturated carbocycles. The number of nitrogens with zero attached hydrogens (tertiary/aromatic N) is 2. The van der Waals surface area contributed by atoms with Crippen LogP contribution in [-0.2, 0) is 4.79 Å². The third-order valence-electron chi connectivity index (χ3n) is 4.91. The number of hydrogen-bond acceptors (Lipinski definition) is 4. The quantitative estimate of drug-likeness (QED) is 0.565. The van der Waals surface area contributed by atoms with Gasteiger partial charge < -0.3 is 15.4 Å². The van der Waals surface area contributed by atoms with Gasteiger partial charge >= 0.3 is 0 Å². The van der Waals surface area contributed by atoms with Crippen LogP contribution in [-0.4, -0.2) is 55.0 Å². The van der Waals surface area contributed by atoms with Gasteiger partial charge in [-0.2, -0.15) is 0 Å². The van der Waals surface area contributed by atoms with Gasteiger partial charge in [-0.05, 0) is 24.1 Å². The minimum atomic E-state index is 0.212. The minimum absolute atomic E-state index is 0.212. The maximum absolute atomic E-state index is 12.4. The minimum Gasteiger partial charge on any atom is -0.491 e. The van der Waals surface area contributed by atoms with E-state index in [0.717, 1.165) is 32.7 Å². The Balaban J connectivity index is 1.31. The van der Waals surface area contributed by atoms with Crippen molar-refractivity contribution >= 4 is 17.7 Å². The van der Waals surface area contributed by atoms with E-state index in [0.29, 0.717) is 30.9 Å². The average Bonchev–Trinajstić information content (AvgIpc) is 2.73. The fraction of sp³-hybridized carbons (Fsp3) is 0.348. The van der Waals surface area contributed by atoms with Gasteiger partial charge in [0.25, 0.3) is 0 Å². The molecule has 1 amide bonds. The smallest absolute Gasteiger partial charge is 0.222 e. The summed E-state index contributed by atoms with van der Waals surface area (Å²) in [6.45, 7) is 4.85. The average molecular weight is 380 g/mol. The molecule has 28 heavy (non-hydrogen) atoms. The molecule has 0 aliphatic carbocycles. The zero-order valence-electron chi connectivity index (χ0n) is 16.3. The van der Waals surface area contributed by atoms with Gasteiger partial charge in [-0.15, -0.1) is 0 Å². The van der Waals surface area contributed by atoms with Crippen molar-refractivity contribution in [2.75, 3.05) is 45.1 Å². The fourth-order valence-electron chi connectivity index (χ4n) is 3.26. The number of anilines is 1. The highest BCUT2D eigenvalue weighted by molar-refractivity contribution is 5.76. The van der Waals surface area contributed by atoms with Crippen molar-refractivity contribution < 1.29 is 9.53 Å². The van der Waals surface area contributed by atoms with Crippen LogP contribution in [0.25, 0.3) is 6.08 Å². The molecule has 1 heterocycles. The molecule has 3 rings (SSSR count). The lowest BCUT2D eigenvalue weighted by Crippen LogP contribution is -2.48. The fourth-order valence-corrected chi connectivity index (χ4v) is 3.26. The molecule has 0 spiro atoms. The molecular formula is C23H29N3O2. The van der Waals surface area contributed by atoms with Gasteiger partial charge in [-0.1, -0.05) is 54.6 Å². The maximum Gasteiger partial charge on any atom is 0.222 e. The van der Waals surface area contributed by atoms with Gasteiger partial charge in [-0.25, -0.2) is 0 Å². The second-order valence-electron chi connectivity index (χ2n) is 6.98. The number of nitrogen functional groups attached to an aromatic ring is 1. The van der Waals surface area contributed by atoms with E-state index in [4.69, 9.17) is 10.5 Å². The predicted octanol–water partition coefficient (Wildman–Crippen LogP) is 3.29. The zero-order valence-corrected chi connectivity index (χ0v) is 16.3. The number of hydrogen-bond donors (Lipinski definition) is 1. The van der Waals surface area contributed by atoms with E-state index in [-0.39, 0.29) is 5.91 Å². The van der Waals surface area contributed by atoms with Crippen molar-refractivity contribution in [3.05, 3.63) is 66.2 Å². The number of para-hydroxylation sites is 2. The highest BCUT2D eigenvalue weighted by atomic mass is 16.5. The monoisotopic (exact) mass is 379 g/mol. The number of rotatable bonds is 8. The van der Waals surface area contributed by atoms with E-state index >= 15 is 0 Å². The van der Waals surface area contributed by atoms with E-state index in [9.17, 15) is 4.79 Å². The molecule has 2 aromatic carbocycles. The number of carbonyl (C=O) groups is 1. The first-order valence-corrected chi connectivity index (χ1v) is 9.91. The summed E-state index contributed by atoms with van der Waals surface area (Å²) in [5.74, 6) is 0.899. The van der Waals surface area contributed by atoms with Gasteiger partial charge in [0.15, 0.2) is 0 Å². The van der Waals surface area contributed by atoms with Crippen LogP contribution in [0.4, 0.5) is 5.69 Å². The zero-order chi connectivity index (χ0) is 19.6. The van der Waals surface area contributed by atoms with Crippen LogP contribution in [0.2, 0.25) is 0 Å². The summed E-state index contributed by atoms with van der Waals surface area (Å²) in [6.07, 6.45) is 5.56. The Bertz CT molecular complexity index is 768. The molecule has 0 bridgehead atoms. The standard InChI is InChI=1S/C23H29N3O2/c24-21-11-4-5-12-22(21)28-19-7-13-23(27)26-17-15-25(16-18-26)14-6-10-20-8-2-1-3-9-20/h1-6,8-12H,7,13-19,24H2/b10-6+. The predicted molar refractivity (Wildman–Crippen MR) is 114 cm³/mol. The number of ether oxygens (including phenoxy) is 1. The van der Waals surface area contributed by atoms with Gasteiger partial charge in [-0.3, -0.25) is 9.69 Å². The van der Waals surface area contributed by atoms with Crippen molar-refractivity contribution in [2.45, 2.75) is 12.8 Å². The summed E-state index contributed by atoms with van der Waals surface area (Å²) in [5, 5.41) is 0. The Morgan fingerprint density at radius 3 is 2.46 bits per heavy atom. The lowest BCUT2D eigenvalue weighted by Gasteiger charge is -2.34. The number of nitrogens with two attached hydrogens (primary N) is 1. The summed E-state index contributed by atoms with van der Waals surface area (Å²) in [4.78, 5) is 16.7. The van der Waals surface area contributed by atoms with Crippen molar-refractivity contribution in [3.63, 3.8) is 0 Å². The molecule has 0 aromatic heterocycles. The third kappa shape index (κ3) is 6.13. The molecule has 1 aliphatic rings. The van der Waals surface area contributed by atoms with Crippen LogP contribution < -0.4 is 10.5 Å². The molecule has 1 fully saturated rings. The van der Waals surface area contributed by atoms with Gasteiger partial charge in [0, 0.05) is 39.1 Å². The molecule has 0 atom stereocenters. The summed E-state index contributed by atoms with van der Waals surface area (Å²) in [7, 11) is 0. The molecule has 5 heteroatoms. The van der Waals surface area contributed by atoms with E-state index < -0.39 is 0 Å². The first kappa shape index (κ1) is 20.0. The number of piperazine rings is 1.